The predicted molar refractivity (Wildman–Crippen MR) is 72.4 cm³/mol. The highest BCUT2D eigenvalue weighted by Gasteiger charge is 2.28. The Morgan fingerprint density at radius 1 is 1.42 bits per heavy atom. The normalized spacial score (nSPS) is 19.5. The average Bonchev–Trinajstić information content (AvgIpc) is 2.92. The number of nitrogens with zero attached hydrogens (tertiary/aromatic N) is 2. The molecule has 0 aliphatic carbocycles. The largest absolute Gasteiger partial charge is 0.354 e. The summed E-state index contributed by atoms with van der Waals surface area (Å²) >= 11 is 0. The Morgan fingerprint density at radius 2 is 2.16 bits per heavy atom. The van der Waals surface area contributed by atoms with Crippen LogP contribution in [0, 0.1) is 5.92 Å². The van der Waals surface area contributed by atoms with Gasteiger partial charge < -0.3 is 14.8 Å². The van der Waals surface area contributed by atoms with Gasteiger partial charge in [0.25, 0.3) is 0 Å². The minimum Gasteiger partial charge on any atom is -0.354 e. The lowest BCUT2D eigenvalue weighted by Crippen LogP contribution is -2.46. The zero-order chi connectivity index (χ0) is 13.7. The van der Waals surface area contributed by atoms with Crippen LogP contribution in [-0.2, 0) is 16.1 Å². The lowest BCUT2D eigenvalue weighted by atomic mass is 9.96. The molecular weight excluding hydrogens is 242 g/mol. The van der Waals surface area contributed by atoms with E-state index in [2.05, 4.69) is 5.32 Å². The molecule has 2 heterocycles. The van der Waals surface area contributed by atoms with Crippen LogP contribution in [0.4, 0.5) is 0 Å². The third kappa shape index (κ3) is 3.59. The predicted octanol–water partition coefficient (Wildman–Crippen LogP) is 0.863. The molecule has 1 aromatic rings. The molecule has 1 aliphatic heterocycles. The quantitative estimate of drug-likeness (QED) is 0.856. The van der Waals surface area contributed by atoms with Gasteiger partial charge in [0.15, 0.2) is 0 Å². The van der Waals surface area contributed by atoms with Gasteiger partial charge in [-0.1, -0.05) is 0 Å². The van der Waals surface area contributed by atoms with E-state index in [1.165, 1.54) is 0 Å². The molecule has 0 spiro atoms. The Morgan fingerprint density at radius 3 is 2.84 bits per heavy atom. The van der Waals surface area contributed by atoms with Crippen molar-refractivity contribution in [2.24, 2.45) is 5.92 Å². The van der Waals surface area contributed by atoms with E-state index in [1.807, 2.05) is 36.0 Å². The van der Waals surface area contributed by atoms with E-state index >= 15 is 0 Å². The van der Waals surface area contributed by atoms with E-state index in [0.29, 0.717) is 32.5 Å². The highest BCUT2D eigenvalue weighted by atomic mass is 16.2. The zero-order valence-electron chi connectivity index (χ0n) is 11.3. The standard InChI is InChI=1S/C14H21N3O2/c1-2-17-11-12(5-6-13(17)18)14(19)15-7-10-16-8-3-4-9-16/h3-4,8-9,12H,2,5-7,10-11H2,1H3,(H,15,19)/t12-/m1/s1. The summed E-state index contributed by atoms with van der Waals surface area (Å²) in [4.78, 5) is 25.4. The number of carbonyl (C=O) groups excluding carboxylic acids is 2. The molecule has 19 heavy (non-hydrogen) atoms. The molecule has 1 aliphatic rings. The number of hydrogen-bond acceptors (Lipinski definition) is 2. The summed E-state index contributed by atoms with van der Waals surface area (Å²) in [7, 11) is 0. The highest BCUT2D eigenvalue weighted by molar-refractivity contribution is 5.83. The Labute approximate surface area is 113 Å². The van der Waals surface area contributed by atoms with Gasteiger partial charge in [0, 0.05) is 45.0 Å². The van der Waals surface area contributed by atoms with Crippen LogP contribution < -0.4 is 5.32 Å². The van der Waals surface area contributed by atoms with Crippen molar-refractivity contribution >= 4 is 11.8 Å². The van der Waals surface area contributed by atoms with Crippen LogP contribution in [-0.4, -0.2) is 40.9 Å². The Hall–Kier alpha value is -1.78. The van der Waals surface area contributed by atoms with Gasteiger partial charge >= 0.3 is 0 Å². The summed E-state index contributed by atoms with van der Waals surface area (Å²) in [5.74, 6) is 0.180. The van der Waals surface area contributed by atoms with Crippen molar-refractivity contribution in [3.05, 3.63) is 24.5 Å². The molecular formula is C14H21N3O2. The molecule has 0 unspecified atom stereocenters. The van der Waals surface area contributed by atoms with Gasteiger partial charge in [0.05, 0.1) is 5.92 Å². The minimum absolute atomic E-state index is 0.0534. The summed E-state index contributed by atoms with van der Waals surface area (Å²) < 4.78 is 2.03. The van der Waals surface area contributed by atoms with Gasteiger partial charge in [0.2, 0.25) is 11.8 Å². The number of hydrogen-bond donors (Lipinski definition) is 1. The number of likely N-dealkylation sites (tertiary alicyclic amines) is 1. The summed E-state index contributed by atoms with van der Waals surface area (Å²) in [6, 6.07) is 3.93. The lowest BCUT2D eigenvalue weighted by Gasteiger charge is -2.31. The molecule has 104 valence electrons. The molecule has 1 atom stereocenters. The molecule has 2 rings (SSSR count). The van der Waals surface area contributed by atoms with Crippen molar-refractivity contribution in [2.75, 3.05) is 19.6 Å². The molecule has 1 saturated heterocycles. The van der Waals surface area contributed by atoms with Crippen molar-refractivity contribution in [2.45, 2.75) is 26.3 Å². The molecule has 5 heteroatoms. The monoisotopic (exact) mass is 263 g/mol. The number of carbonyl (C=O) groups is 2. The second kappa shape index (κ2) is 6.41. The van der Waals surface area contributed by atoms with E-state index in [4.69, 9.17) is 0 Å². The van der Waals surface area contributed by atoms with Gasteiger partial charge in [-0.2, -0.15) is 0 Å². The lowest BCUT2D eigenvalue weighted by molar-refractivity contribution is -0.138. The van der Waals surface area contributed by atoms with E-state index in [1.54, 1.807) is 4.90 Å². The van der Waals surface area contributed by atoms with E-state index < -0.39 is 0 Å². The Kier molecular flexibility index (Phi) is 4.60. The van der Waals surface area contributed by atoms with E-state index in [9.17, 15) is 9.59 Å². The summed E-state index contributed by atoms with van der Waals surface area (Å²) in [5.41, 5.74) is 0. The van der Waals surface area contributed by atoms with Gasteiger partial charge in [0.1, 0.15) is 0 Å². The second-order valence-electron chi connectivity index (χ2n) is 4.88. The van der Waals surface area contributed by atoms with E-state index in [0.717, 1.165) is 6.54 Å². The molecule has 0 radical (unpaired) electrons. The SMILES string of the molecule is CCN1C[C@H](C(=O)NCCn2cccc2)CCC1=O. The average molecular weight is 263 g/mol. The fourth-order valence-corrected chi connectivity index (χ4v) is 2.41. The van der Waals surface area contributed by atoms with Gasteiger partial charge in [-0.05, 0) is 25.5 Å². The fraction of sp³-hybridized carbons (Fsp3) is 0.571. The molecule has 5 nitrogen and oxygen atoms in total. The van der Waals surface area contributed by atoms with Crippen molar-refractivity contribution in [3.63, 3.8) is 0 Å². The first-order chi connectivity index (χ1) is 9.20. The summed E-state index contributed by atoms with van der Waals surface area (Å²) in [5, 5.41) is 2.95. The van der Waals surface area contributed by atoms with Crippen molar-refractivity contribution < 1.29 is 9.59 Å². The maximum absolute atomic E-state index is 12.0. The number of rotatable bonds is 5. The molecule has 1 N–H and O–H groups in total. The van der Waals surface area contributed by atoms with Gasteiger partial charge in [-0.3, -0.25) is 9.59 Å². The summed E-state index contributed by atoms with van der Waals surface area (Å²) in [6.45, 7) is 4.60. The molecule has 2 amide bonds. The molecule has 0 aromatic carbocycles. The first-order valence-electron chi connectivity index (χ1n) is 6.87. The topological polar surface area (TPSA) is 54.3 Å². The summed E-state index contributed by atoms with van der Waals surface area (Å²) in [6.07, 6.45) is 5.11. The number of nitrogens with one attached hydrogen (secondary N) is 1. The molecule has 1 aromatic heterocycles. The molecule has 0 bridgehead atoms. The third-order valence-electron chi connectivity index (χ3n) is 3.59. The van der Waals surface area contributed by atoms with Crippen LogP contribution in [0.1, 0.15) is 19.8 Å². The van der Waals surface area contributed by atoms with Crippen LogP contribution in [0.3, 0.4) is 0 Å². The maximum atomic E-state index is 12.0. The second-order valence-corrected chi connectivity index (χ2v) is 4.88. The van der Waals surface area contributed by atoms with Gasteiger partial charge in [-0.25, -0.2) is 0 Å². The smallest absolute Gasteiger partial charge is 0.224 e. The van der Waals surface area contributed by atoms with Crippen LogP contribution in [0.2, 0.25) is 0 Å². The Balaban J connectivity index is 1.75. The van der Waals surface area contributed by atoms with Crippen molar-refractivity contribution in [1.82, 2.24) is 14.8 Å². The van der Waals surface area contributed by atoms with Crippen LogP contribution in [0.25, 0.3) is 0 Å². The van der Waals surface area contributed by atoms with Crippen LogP contribution in [0.15, 0.2) is 24.5 Å². The zero-order valence-corrected chi connectivity index (χ0v) is 11.3. The highest BCUT2D eigenvalue weighted by Crippen LogP contribution is 2.17. The van der Waals surface area contributed by atoms with Crippen molar-refractivity contribution in [3.8, 4) is 0 Å². The number of aromatic nitrogens is 1. The number of piperidine rings is 1. The first-order valence-corrected chi connectivity index (χ1v) is 6.87. The van der Waals surface area contributed by atoms with Crippen LogP contribution in [0.5, 0.6) is 0 Å². The minimum atomic E-state index is -0.0534. The Bertz CT molecular complexity index is 428. The third-order valence-corrected chi connectivity index (χ3v) is 3.59. The van der Waals surface area contributed by atoms with Crippen molar-refractivity contribution in [1.29, 1.82) is 0 Å². The fourth-order valence-electron chi connectivity index (χ4n) is 2.41. The maximum Gasteiger partial charge on any atom is 0.224 e. The first kappa shape index (κ1) is 13.6. The molecule has 0 saturated carbocycles. The van der Waals surface area contributed by atoms with Crippen LogP contribution >= 0.6 is 0 Å². The van der Waals surface area contributed by atoms with Gasteiger partial charge in [-0.15, -0.1) is 0 Å². The molecule has 1 fully saturated rings. The van der Waals surface area contributed by atoms with E-state index in [-0.39, 0.29) is 17.7 Å². The number of amides is 2.